The summed E-state index contributed by atoms with van der Waals surface area (Å²) in [6, 6.07) is 14.1. The molecule has 0 amide bonds. The van der Waals surface area contributed by atoms with E-state index in [2.05, 4.69) is 45.7 Å². The number of carboxylic acid groups (broad SMARTS) is 1. The zero-order valence-electron chi connectivity index (χ0n) is 25.6. The molecule has 5 nitrogen and oxygen atoms in total. The molecule has 3 aromatic carbocycles. The van der Waals surface area contributed by atoms with Crippen LogP contribution in [0.25, 0.3) is 27.2 Å². The van der Waals surface area contributed by atoms with E-state index in [9.17, 15) is 14.3 Å². The molecule has 226 valence electrons. The molecule has 5 rings (SSSR count). The van der Waals surface area contributed by atoms with E-state index >= 15 is 0 Å². The van der Waals surface area contributed by atoms with Gasteiger partial charge in [0.15, 0.2) is 0 Å². The molecule has 0 bridgehead atoms. The fourth-order valence-electron chi connectivity index (χ4n) is 6.15. The predicted octanol–water partition coefficient (Wildman–Crippen LogP) is 9.36. The van der Waals surface area contributed by atoms with E-state index in [0.717, 1.165) is 69.0 Å². The zero-order valence-corrected chi connectivity index (χ0v) is 26.4. The maximum atomic E-state index is 13.7. The highest BCUT2D eigenvalue weighted by Crippen LogP contribution is 2.42. The molecule has 0 saturated carbocycles. The molecule has 1 aliphatic rings. The first-order valence-electron chi connectivity index (χ1n) is 15.1. The summed E-state index contributed by atoms with van der Waals surface area (Å²) in [6.45, 7) is 10.4. The molecule has 43 heavy (non-hydrogen) atoms. The number of halogens is 2. The fraction of sp³-hybridized carbons (Fsp3) is 0.361. The average molecular weight is 603 g/mol. The Bertz CT molecular complexity index is 1750. The van der Waals surface area contributed by atoms with Crippen LogP contribution in [-0.4, -0.2) is 40.7 Å². The van der Waals surface area contributed by atoms with Crippen LogP contribution >= 0.6 is 11.6 Å². The second-order valence-corrected chi connectivity index (χ2v) is 12.1. The van der Waals surface area contributed by atoms with Crippen molar-refractivity contribution in [2.24, 2.45) is 5.92 Å². The van der Waals surface area contributed by atoms with Crippen LogP contribution < -0.4 is 4.74 Å². The van der Waals surface area contributed by atoms with Crippen molar-refractivity contribution in [2.75, 3.05) is 20.2 Å². The van der Waals surface area contributed by atoms with E-state index < -0.39 is 5.97 Å². The lowest BCUT2D eigenvalue weighted by molar-refractivity contribution is 0.0683. The number of aromatic carboxylic acids is 1. The molecule has 1 unspecified atom stereocenters. The molecule has 0 fully saturated rings. The second kappa shape index (κ2) is 12.8. The van der Waals surface area contributed by atoms with Gasteiger partial charge in [0.1, 0.15) is 17.3 Å². The van der Waals surface area contributed by atoms with Crippen LogP contribution in [0.5, 0.6) is 5.75 Å². The number of likely N-dealkylation sites (N-methyl/N-ethyl adjacent to an activating group) is 1. The largest absolute Gasteiger partial charge is 0.493 e. The zero-order chi connectivity index (χ0) is 30.8. The predicted molar refractivity (Wildman–Crippen MR) is 175 cm³/mol. The summed E-state index contributed by atoms with van der Waals surface area (Å²) in [5.41, 5.74) is 6.23. The number of fused-ring (bicyclic) bond motifs is 2. The maximum absolute atomic E-state index is 13.7. The van der Waals surface area contributed by atoms with E-state index in [1.807, 2.05) is 34.9 Å². The van der Waals surface area contributed by atoms with Crippen LogP contribution in [0.2, 0.25) is 5.02 Å². The lowest BCUT2D eigenvalue weighted by Crippen LogP contribution is -2.21. The number of ether oxygens (including phenoxy) is 1. The first-order chi connectivity index (χ1) is 20.6. The Hall–Kier alpha value is -3.77. The number of aryl methyl sites for hydroxylation is 2. The van der Waals surface area contributed by atoms with Crippen molar-refractivity contribution < 1.29 is 19.0 Å². The molecule has 1 atom stereocenters. The lowest BCUT2D eigenvalue weighted by Gasteiger charge is -2.29. The van der Waals surface area contributed by atoms with Crippen molar-refractivity contribution in [2.45, 2.75) is 59.9 Å². The molecule has 4 aromatic rings. The van der Waals surface area contributed by atoms with Gasteiger partial charge in [-0.15, -0.1) is 0 Å². The third-order valence-corrected chi connectivity index (χ3v) is 9.22. The Balaban J connectivity index is 1.57. The van der Waals surface area contributed by atoms with Gasteiger partial charge in [0.25, 0.3) is 0 Å². The standard InChI is InChI=1S/C36H40ClFN2O3/c1-6-22(2)16-19-40-34-29(14-15-30(37)33(34)32-23(3)17-18-39(5)24(32)4)28(35(40)36(41)42)10-8-20-43-31-11-7-9-25-21-26(38)12-13-27(25)31/h7,9,11-15,17,21-22H,6,8,10,16,18-20H2,1-5H3,(H,41,42). The number of hydrogen-bond acceptors (Lipinski definition) is 3. The minimum absolute atomic E-state index is 0.286. The van der Waals surface area contributed by atoms with Gasteiger partial charge in [-0.3, -0.25) is 0 Å². The number of hydrogen-bond donors (Lipinski definition) is 1. The average Bonchev–Trinajstić information content (AvgIpc) is 3.30. The Kier molecular flexibility index (Phi) is 9.16. The molecule has 0 radical (unpaired) electrons. The summed E-state index contributed by atoms with van der Waals surface area (Å²) in [4.78, 5) is 15.2. The number of rotatable bonds is 11. The first-order valence-corrected chi connectivity index (χ1v) is 15.5. The van der Waals surface area contributed by atoms with Crippen molar-refractivity contribution in [1.29, 1.82) is 0 Å². The number of aromatic nitrogens is 1. The van der Waals surface area contributed by atoms with Crippen LogP contribution in [0.3, 0.4) is 0 Å². The third kappa shape index (κ3) is 6.03. The SMILES string of the molecule is CCC(C)CCn1c(C(=O)O)c(CCCOc2cccc3cc(F)ccc23)c2ccc(Cl)c(C3=C(C)N(C)CC=C3C)c21. The topological polar surface area (TPSA) is 54.7 Å². The second-order valence-electron chi connectivity index (χ2n) is 11.7. The molecule has 7 heteroatoms. The van der Waals surface area contributed by atoms with E-state index in [4.69, 9.17) is 16.3 Å². The van der Waals surface area contributed by atoms with Gasteiger partial charge in [-0.1, -0.05) is 56.1 Å². The van der Waals surface area contributed by atoms with Crippen molar-refractivity contribution in [3.05, 3.63) is 93.5 Å². The van der Waals surface area contributed by atoms with Gasteiger partial charge >= 0.3 is 5.97 Å². The van der Waals surface area contributed by atoms with Gasteiger partial charge in [-0.25, -0.2) is 9.18 Å². The maximum Gasteiger partial charge on any atom is 0.352 e. The number of benzene rings is 3. The van der Waals surface area contributed by atoms with E-state index in [1.165, 1.54) is 12.1 Å². The van der Waals surface area contributed by atoms with E-state index in [-0.39, 0.29) is 5.82 Å². The fourth-order valence-corrected chi connectivity index (χ4v) is 6.40. The van der Waals surface area contributed by atoms with Crippen LogP contribution in [0.1, 0.15) is 68.6 Å². The van der Waals surface area contributed by atoms with Crippen LogP contribution in [-0.2, 0) is 13.0 Å². The molecular formula is C36H40ClFN2O3. The summed E-state index contributed by atoms with van der Waals surface area (Å²) in [6.07, 6.45) is 5.23. The first kappa shape index (κ1) is 30.7. The van der Waals surface area contributed by atoms with Gasteiger partial charge in [0.2, 0.25) is 0 Å². The minimum atomic E-state index is -0.937. The number of nitrogens with zero attached hydrogens (tertiary/aromatic N) is 2. The number of carbonyl (C=O) groups is 1. The quantitative estimate of drug-likeness (QED) is 0.174. The molecule has 1 aromatic heterocycles. The monoisotopic (exact) mass is 602 g/mol. The van der Waals surface area contributed by atoms with Crippen molar-refractivity contribution >= 4 is 44.8 Å². The Morgan fingerprint density at radius 2 is 1.91 bits per heavy atom. The molecule has 1 aliphatic heterocycles. The van der Waals surface area contributed by atoms with Crippen LogP contribution in [0.15, 0.2) is 65.9 Å². The van der Waals surface area contributed by atoms with Crippen LogP contribution in [0, 0.1) is 11.7 Å². The lowest BCUT2D eigenvalue weighted by atomic mass is 9.91. The smallest absolute Gasteiger partial charge is 0.352 e. The van der Waals surface area contributed by atoms with E-state index in [1.54, 1.807) is 6.07 Å². The number of allylic oxidation sites excluding steroid dienone is 3. The van der Waals surface area contributed by atoms with Crippen molar-refractivity contribution in [3.63, 3.8) is 0 Å². The third-order valence-electron chi connectivity index (χ3n) is 8.90. The highest BCUT2D eigenvalue weighted by Gasteiger charge is 2.28. The Morgan fingerprint density at radius 1 is 1.14 bits per heavy atom. The van der Waals surface area contributed by atoms with Gasteiger partial charge in [-0.2, -0.15) is 0 Å². The molecular weight excluding hydrogens is 563 g/mol. The van der Waals surface area contributed by atoms with Gasteiger partial charge < -0.3 is 19.3 Å². The van der Waals surface area contributed by atoms with Crippen molar-refractivity contribution in [1.82, 2.24) is 9.47 Å². The number of carboxylic acids is 1. The molecule has 2 heterocycles. The minimum Gasteiger partial charge on any atom is -0.493 e. The Morgan fingerprint density at radius 3 is 2.65 bits per heavy atom. The summed E-state index contributed by atoms with van der Waals surface area (Å²) in [7, 11) is 2.06. The summed E-state index contributed by atoms with van der Waals surface area (Å²) < 4.78 is 21.9. The summed E-state index contributed by atoms with van der Waals surface area (Å²) in [5, 5.41) is 13.8. The van der Waals surface area contributed by atoms with E-state index in [0.29, 0.717) is 48.4 Å². The van der Waals surface area contributed by atoms with Gasteiger partial charge in [0.05, 0.1) is 17.1 Å². The highest BCUT2D eigenvalue weighted by atomic mass is 35.5. The van der Waals surface area contributed by atoms with Gasteiger partial charge in [-0.05, 0) is 85.9 Å². The Labute approximate surface area is 258 Å². The van der Waals surface area contributed by atoms with Crippen molar-refractivity contribution in [3.8, 4) is 5.75 Å². The summed E-state index contributed by atoms with van der Waals surface area (Å²) in [5.74, 6) is -0.0806. The van der Waals surface area contributed by atoms with Crippen LogP contribution in [0.4, 0.5) is 4.39 Å². The molecule has 1 N–H and O–H groups in total. The summed E-state index contributed by atoms with van der Waals surface area (Å²) >= 11 is 6.99. The normalized spacial score (nSPS) is 14.5. The molecule has 0 spiro atoms. The molecule has 0 aliphatic carbocycles. The highest BCUT2D eigenvalue weighted by molar-refractivity contribution is 6.34. The molecule has 0 saturated heterocycles. The van der Waals surface area contributed by atoms with Gasteiger partial charge in [0, 0.05) is 47.7 Å².